The van der Waals surface area contributed by atoms with Crippen LogP contribution in [0.3, 0.4) is 0 Å². The Morgan fingerprint density at radius 2 is 2.08 bits per heavy atom. The Balaban J connectivity index is 1.49. The lowest BCUT2D eigenvalue weighted by atomic mass is 9.97. The lowest BCUT2D eigenvalue weighted by molar-refractivity contribution is -0.121. The van der Waals surface area contributed by atoms with E-state index in [0.717, 1.165) is 24.9 Å². The fourth-order valence-corrected chi connectivity index (χ4v) is 3.53. The normalized spacial score (nSPS) is 17.3. The zero-order valence-corrected chi connectivity index (χ0v) is 15.4. The van der Waals surface area contributed by atoms with Crippen molar-refractivity contribution in [2.75, 3.05) is 38.2 Å². The molecule has 140 valence electrons. The molecule has 1 fully saturated rings. The Kier molecular flexibility index (Phi) is 6.15. The summed E-state index contributed by atoms with van der Waals surface area (Å²) in [6.07, 6.45) is 8.03. The molecule has 1 N–H and O–H groups in total. The molecule has 1 aliphatic heterocycles. The lowest BCUT2D eigenvalue weighted by Crippen LogP contribution is -2.40. The second-order valence-corrected chi connectivity index (χ2v) is 6.74. The van der Waals surface area contributed by atoms with E-state index in [1.807, 2.05) is 24.3 Å². The monoisotopic (exact) mass is 357 g/mol. The summed E-state index contributed by atoms with van der Waals surface area (Å²) in [5, 5.41) is 2.94. The Bertz CT molecular complexity index is 687. The zero-order valence-electron chi connectivity index (χ0n) is 15.4. The summed E-state index contributed by atoms with van der Waals surface area (Å²) in [5.41, 5.74) is 2.18. The molecule has 0 atom stereocenters. The summed E-state index contributed by atoms with van der Waals surface area (Å²) in [6, 6.07) is 7.28. The molecule has 1 aromatic rings. The molecule has 1 saturated heterocycles. The highest BCUT2D eigenvalue weighted by Gasteiger charge is 2.32. The molecule has 3 rings (SSSR count). The van der Waals surface area contributed by atoms with E-state index in [1.54, 1.807) is 16.9 Å². The maximum absolute atomic E-state index is 12.6. The van der Waals surface area contributed by atoms with Crippen LogP contribution in [0.15, 0.2) is 35.9 Å². The van der Waals surface area contributed by atoms with Gasteiger partial charge in [-0.15, -0.1) is 0 Å². The number of nitrogens with zero attached hydrogens (tertiary/aromatic N) is 2. The van der Waals surface area contributed by atoms with Gasteiger partial charge in [-0.05, 0) is 44.2 Å². The van der Waals surface area contributed by atoms with Crippen LogP contribution in [0.4, 0.5) is 10.5 Å². The molecule has 0 unspecified atom stereocenters. The minimum Gasteiger partial charge on any atom is -0.495 e. The quantitative estimate of drug-likeness (QED) is 0.763. The number of carbonyl (C=O) groups excluding carboxylic acids is 2. The largest absolute Gasteiger partial charge is 0.495 e. The number of urea groups is 1. The summed E-state index contributed by atoms with van der Waals surface area (Å²) < 4.78 is 5.34. The standard InChI is InChI=1S/C20H27N3O3/c1-26-18-10-6-5-9-17(18)23-14-13-22(20(23)25)15-19(24)21-12-11-16-7-3-2-4-8-16/h5-7,9-10H,2-4,8,11-15H2,1H3,(H,21,24). The van der Waals surface area contributed by atoms with Gasteiger partial charge < -0.3 is 15.0 Å². The average molecular weight is 357 g/mol. The first-order chi connectivity index (χ1) is 12.7. The third-order valence-electron chi connectivity index (χ3n) is 4.96. The van der Waals surface area contributed by atoms with Crippen molar-refractivity contribution in [1.82, 2.24) is 10.2 Å². The van der Waals surface area contributed by atoms with E-state index in [4.69, 9.17) is 4.74 Å². The van der Waals surface area contributed by atoms with E-state index in [0.29, 0.717) is 25.4 Å². The molecule has 1 aromatic carbocycles. The van der Waals surface area contributed by atoms with E-state index < -0.39 is 0 Å². The van der Waals surface area contributed by atoms with Gasteiger partial charge in [0, 0.05) is 19.6 Å². The maximum Gasteiger partial charge on any atom is 0.325 e. The van der Waals surface area contributed by atoms with Crippen molar-refractivity contribution >= 4 is 17.6 Å². The maximum atomic E-state index is 12.6. The molecule has 1 heterocycles. The number of hydrogen-bond acceptors (Lipinski definition) is 3. The Hall–Kier alpha value is -2.50. The van der Waals surface area contributed by atoms with E-state index >= 15 is 0 Å². The summed E-state index contributed by atoms with van der Waals surface area (Å²) in [5.74, 6) is 0.560. The van der Waals surface area contributed by atoms with Crippen LogP contribution < -0.4 is 15.0 Å². The summed E-state index contributed by atoms with van der Waals surface area (Å²) in [6.45, 7) is 1.83. The predicted octanol–water partition coefficient (Wildman–Crippen LogP) is 2.94. The van der Waals surface area contributed by atoms with Crippen molar-refractivity contribution in [2.24, 2.45) is 0 Å². The van der Waals surface area contributed by atoms with Crippen molar-refractivity contribution in [3.63, 3.8) is 0 Å². The Labute approximate surface area is 154 Å². The Morgan fingerprint density at radius 1 is 1.23 bits per heavy atom. The SMILES string of the molecule is COc1ccccc1N1CCN(CC(=O)NCCC2=CCCCC2)C1=O. The number of benzene rings is 1. The van der Waals surface area contributed by atoms with Gasteiger partial charge in [-0.3, -0.25) is 9.69 Å². The van der Waals surface area contributed by atoms with Crippen molar-refractivity contribution in [1.29, 1.82) is 0 Å². The molecule has 2 aliphatic rings. The lowest BCUT2D eigenvalue weighted by Gasteiger charge is -2.20. The van der Waals surface area contributed by atoms with Gasteiger partial charge in [-0.25, -0.2) is 4.79 Å². The second-order valence-electron chi connectivity index (χ2n) is 6.74. The molecule has 6 nitrogen and oxygen atoms in total. The summed E-state index contributed by atoms with van der Waals surface area (Å²) in [4.78, 5) is 28.1. The van der Waals surface area contributed by atoms with Gasteiger partial charge in [0.25, 0.3) is 0 Å². The van der Waals surface area contributed by atoms with Gasteiger partial charge in [0.15, 0.2) is 0 Å². The number of allylic oxidation sites excluding steroid dienone is 1. The molecule has 0 aromatic heterocycles. The van der Waals surface area contributed by atoms with Crippen LogP contribution in [-0.2, 0) is 4.79 Å². The van der Waals surface area contributed by atoms with Crippen LogP contribution in [0, 0.1) is 0 Å². The van der Waals surface area contributed by atoms with E-state index in [-0.39, 0.29) is 18.5 Å². The van der Waals surface area contributed by atoms with Gasteiger partial charge in [0.05, 0.1) is 12.8 Å². The number of carbonyl (C=O) groups is 2. The molecular weight excluding hydrogens is 330 g/mol. The first-order valence-corrected chi connectivity index (χ1v) is 9.33. The molecular formula is C20H27N3O3. The van der Waals surface area contributed by atoms with Crippen molar-refractivity contribution < 1.29 is 14.3 Å². The second kappa shape index (κ2) is 8.74. The minimum atomic E-state index is -0.153. The highest BCUT2D eigenvalue weighted by molar-refractivity contribution is 5.97. The molecule has 6 heteroatoms. The van der Waals surface area contributed by atoms with Gasteiger partial charge in [0.1, 0.15) is 12.3 Å². The van der Waals surface area contributed by atoms with Crippen LogP contribution in [0.5, 0.6) is 5.75 Å². The molecule has 0 spiro atoms. The van der Waals surface area contributed by atoms with Crippen LogP contribution >= 0.6 is 0 Å². The number of para-hydroxylation sites is 2. The minimum absolute atomic E-state index is 0.100. The third kappa shape index (κ3) is 4.36. The average Bonchev–Trinajstić information content (AvgIpc) is 3.03. The summed E-state index contributed by atoms with van der Waals surface area (Å²) >= 11 is 0. The highest BCUT2D eigenvalue weighted by Crippen LogP contribution is 2.30. The fourth-order valence-electron chi connectivity index (χ4n) is 3.53. The fraction of sp³-hybridized carbons (Fsp3) is 0.500. The van der Waals surface area contributed by atoms with Crippen LogP contribution in [0.2, 0.25) is 0 Å². The number of nitrogens with one attached hydrogen (secondary N) is 1. The third-order valence-corrected chi connectivity index (χ3v) is 4.96. The topological polar surface area (TPSA) is 61.9 Å². The van der Waals surface area contributed by atoms with Gasteiger partial charge in [-0.1, -0.05) is 23.8 Å². The molecule has 26 heavy (non-hydrogen) atoms. The number of methoxy groups -OCH3 is 1. The van der Waals surface area contributed by atoms with Gasteiger partial charge >= 0.3 is 6.03 Å². The number of rotatable bonds is 7. The molecule has 0 saturated carbocycles. The highest BCUT2D eigenvalue weighted by atomic mass is 16.5. The summed E-state index contributed by atoms with van der Waals surface area (Å²) in [7, 11) is 1.59. The smallest absolute Gasteiger partial charge is 0.325 e. The number of anilines is 1. The van der Waals surface area contributed by atoms with Gasteiger partial charge in [-0.2, -0.15) is 0 Å². The Morgan fingerprint density at radius 3 is 2.85 bits per heavy atom. The van der Waals surface area contributed by atoms with Gasteiger partial charge in [0.2, 0.25) is 5.91 Å². The molecule has 3 amide bonds. The van der Waals surface area contributed by atoms with Crippen molar-refractivity contribution in [2.45, 2.75) is 32.1 Å². The van der Waals surface area contributed by atoms with E-state index in [2.05, 4.69) is 11.4 Å². The van der Waals surface area contributed by atoms with Crippen molar-refractivity contribution in [3.05, 3.63) is 35.9 Å². The number of hydrogen-bond donors (Lipinski definition) is 1. The number of ether oxygens (including phenoxy) is 1. The predicted molar refractivity (Wildman–Crippen MR) is 101 cm³/mol. The number of amides is 3. The molecule has 0 bridgehead atoms. The first-order valence-electron chi connectivity index (χ1n) is 9.33. The van der Waals surface area contributed by atoms with Crippen molar-refractivity contribution in [3.8, 4) is 5.75 Å². The zero-order chi connectivity index (χ0) is 18.4. The molecule has 1 aliphatic carbocycles. The van der Waals surface area contributed by atoms with Crippen LogP contribution in [0.1, 0.15) is 32.1 Å². The van der Waals surface area contributed by atoms with E-state index in [1.165, 1.54) is 18.4 Å². The first kappa shape index (κ1) is 18.3. The van der Waals surface area contributed by atoms with E-state index in [9.17, 15) is 9.59 Å². The molecule has 0 radical (unpaired) electrons. The van der Waals surface area contributed by atoms with Crippen LogP contribution in [-0.4, -0.2) is 50.1 Å². The van der Waals surface area contributed by atoms with Crippen LogP contribution in [0.25, 0.3) is 0 Å².